The number of Topliss-reactive ketones (excluding diaryl/α,β-unsaturated/α-hetero) is 1. The van der Waals surface area contributed by atoms with Gasteiger partial charge in [0, 0.05) is 23.2 Å². The first kappa shape index (κ1) is 23.0. The molecule has 0 bridgehead atoms. The van der Waals surface area contributed by atoms with Crippen molar-refractivity contribution < 1.29 is 22.7 Å². The van der Waals surface area contributed by atoms with Crippen LogP contribution in [0, 0.1) is 6.92 Å². The molecule has 7 nitrogen and oxygen atoms in total. The van der Waals surface area contributed by atoms with Gasteiger partial charge >= 0.3 is 0 Å². The summed E-state index contributed by atoms with van der Waals surface area (Å²) >= 11 is 0. The number of carbonyl (C=O) groups excluding carboxylic acids is 1. The van der Waals surface area contributed by atoms with E-state index in [9.17, 15) is 13.2 Å². The Labute approximate surface area is 205 Å². The lowest BCUT2D eigenvalue weighted by Crippen LogP contribution is -2.40. The fourth-order valence-corrected chi connectivity index (χ4v) is 6.09. The summed E-state index contributed by atoms with van der Waals surface area (Å²) in [5.74, 6) is 0.961. The molecule has 2 aliphatic heterocycles. The minimum absolute atomic E-state index is 0.0812. The molecule has 2 aliphatic rings. The van der Waals surface area contributed by atoms with E-state index < -0.39 is 10.0 Å². The van der Waals surface area contributed by atoms with Crippen LogP contribution in [-0.4, -0.2) is 41.5 Å². The van der Waals surface area contributed by atoms with Gasteiger partial charge in [-0.05, 0) is 55.3 Å². The fourth-order valence-electron chi connectivity index (χ4n) is 4.64. The number of aryl methyl sites for hydroxylation is 1. The van der Waals surface area contributed by atoms with Crippen molar-refractivity contribution >= 4 is 27.2 Å². The molecule has 5 rings (SSSR count). The maximum atomic E-state index is 13.8. The number of benzene rings is 3. The van der Waals surface area contributed by atoms with Gasteiger partial charge in [-0.2, -0.15) is 0 Å². The van der Waals surface area contributed by atoms with Crippen LogP contribution in [0.4, 0.5) is 5.69 Å². The van der Waals surface area contributed by atoms with E-state index in [2.05, 4.69) is 5.32 Å². The van der Waals surface area contributed by atoms with Gasteiger partial charge in [-0.15, -0.1) is 0 Å². The monoisotopic (exact) mass is 490 g/mol. The molecule has 0 fully saturated rings. The van der Waals surface area contributed by atoms with Crippen LogP contribution >= 0.6 is 0 Å². The summed E-state index contributed by atoms with van der Waals surface area (Å²) in [4.78, 5) is 13.9. The zero-order valence-corrected chi connectivity index (χ0v) is 20.6. The molecule has 0 spiro atoms. The molecule has 0 saturated heterocycles. The highest BCUT2D eigenvalue weighted by molar-refractivity contribution is 7.92. The number of sulfonamides is 1. The molecule has 3 aromatic carbocycles. The second-order valence-corrected chi connectivity index (χ2v) is 10.4. The maximum Gasteiger partial charge on any atom is 0.264 e. The van der Waals surface area contributed by atoms with Crippen molar-refractivity contribution in [2.75, 3.05) is 31.6 Å². The molecule has 0 aliphatic carbocycles. The fraction of sp³-hybridized carbons (Fsp3) is 0.222. The van der Waals surface area contributed by atoms with Gasteiger partial charge in [0.1, 0.15) is 0 Å². The lowest BCUT2D eigenvalue weighted by molar-refractivity contribution is 0.103. The lowest BCUT2D eigenvalue weighted by atomic mass is 9.89. The van der Waals surface area contributed by atoms with Crippen molar-refractivity contribution in [3.05, 3.63) is 88.5 Å². The summed E-state index contributed by atoms with van der Waals surface area (Å²) in [7, 11) is -0.769. The van der Waals surface area contributed by atoms with E-state index in [4.69, 9.17) is 9.47 Å². The number of nitrogens with one attached hydrogen (secondary N) is 1. The minimum Gasteiger partial charge on any atom is -0.493 e. The van der Waals surface area contributed by atoms with E-state index in [-0.39, 0.29) is 17.2 Å². The molecule has 0 atom stereocenters. The van der Waals surface area contributed by atoms with E-state index in [0.29, 0.717) is 40.6 Å². The molecule has 0 unspecified atom stereocenters. The summed E-state index contributed by atoms with van der Waals surface area (Å²) in [5.41, 5.74) is 4.53. The van der Waals surface area contributed by atoms with Crippen molar-refractivity contribution in [1.82, 2.24) is 5.32 Å². The molecule has 0 radical (unpaired) electrons. The van der Waals surface area contributed by atoms with E-state index in [1.54, 1.807) is 62.8 Å². The molecule has 180 valence electrons. The number of para-hydroxylation sites is 1. The molecule has 0 saturated carbocycles. The quantitative estimate of drug-likeness (QED) is 0.558. The number of anilines is 1. The van der Waals surface area contributed by atoms with Crippen LogP contribution in [0.25, 0.3) is 5.70 Å². The molecule has 35 heavy (non-hydrogen) atoms. The van der Waals surface area contributed by atoms with Crippen molar-refractivity contribution in [3.63, 3.8) is 0 Å². The summed E-state index contributed by atoms with van der Waals surface area (Å²) in [6.07, 6.45) is 0.739. The third-order valence-electron chi connectivity index (χ3n) is 6.48. The average Bonchev–Trinajstić information content (AvgIpc) is 2.88. The number of fused-ring (bicyclic) bond motifs is 2. The molecular weight excluding hydrogens is 464 g/mol. The van der Waals surface area contributed by atoms with Gasteiger partial charge in [-0.3, -0.25) is 9.10 Å². The van der Waals surface area contributed by atoms with E-state index in [0.717, 1.165) is 23.1 Å². The summed E-state index contributed by atoms with van der Waals surface area (Å²) in [6, 6.07) is 17.3. The predicted octanol–water partition coefficient (Wildman–Crippen LogP) is 3.96. The number of nitrogens with zero attached hydrogens (tertiary/aromatic N) is 1. The second kappa shape index (κ2) is 8.78. The van der Waals surface area contributed by atoms with Crippen LogP contribution in [0.2, 0.25) is 0 Å². The molecule has 8 heteroatoms. The van der Waals surface area contributed by atoms with Crippen LogP contribution in [-0.2, 0) is 16.4 Å². The van der Waals surface area contributed by atoms with Crippen molar-refractivity contribution in [1.29, 1.82) is 0 Å². The highest BCUT2D eigenvalue weighted by atomic mass is 32.2. The predicted molar refractivity (Wildman–Crippen MR) is 135 cm³/mol. The van der Waals surface area contributed by atoms with Gasteiger partial charge in [-0.1, -0.05) is 29.8 Å². The average molecular weight is 491 g/mol. The third kappa shape index (κ3) is 3.83. The second-order valence-electron chi connectivity index (χ2n) is 8.57. The first-order chi connectivity index (χ1) is 16.8. The Kier molecular flexibility index (Phi) is 5.76. The molecule has 0 amide bonds. The zero-order valence-electron chi connectivity index (χ0n) is 19.8. The highest BCUT2D eigenvalue weighted by Gasteiger charge is 2.37. The third-order valence-corrected chi connectivity index (χ3v) is 8.25. The summed E-state index contributed by atoms with van der Waals surface area (Å²) in [5, 5.41) is 3.36. The number of ether oxygens (including phenoxy) is 2. The molecule has 2 heterocycles. The number of hydrogen-bond acceptors (Lipinski definition) is 6. The zero-order chi connectivity index (χ0) is 24.7. The van der Waals surface area contributed by atoms with Crippen LogP contribution in [0.1, 0.15) is 27.0 Å². The minimum atomic E-state index is -3.91. The van der Waals surface area contributed by atoms with E-state index in [1.165, 1.54) is 4.31 Å². The van der Waals surface area contributed by atoms with Gasteiger partial charge in [0.25, 0.3) is 10.0 Å². The lowest BCUT2D eigenvalue weighted by Gasteiger charge is -2.34. The first-order valence-electron chi connectivity index (χ1n) is 11.3. The number of rotatable bonds is 4. The Hall–Kier alpha value is -3.78. The van der Waals surface area contributed by atoms with Crippen molar-refractivity contribution in [3.8, 4) is 11.5 Å². The van der Waals surface area contributed by atoms with Crippen LogP contribution in [0.3, 0.4) is 0 Å². The standard InChI is InChI=1S/C27H26N2O5S/c1-17-8-10-19(11-9-17)35(31,32)29-16-22(27(30)20-6-4-5-7-23(20)29)26-21-15-25(34-3)24(33-2)14-18(21)12-13-28-26/h4-11,14-15,28H,12-13,16H2,1-3H3/b26-22+. The van der Waals surface area contributed by atoms with Crippen LogP contribution in [0.5, 0.6) is 11.5 Å². The summed E-state index contributed by atoms with van der Waals surface area (Å²) < 4.78 is 39.8. The largest absolute Gasteiger partial charge is 0.493 e. The van der Waals surface area contributed by atoms with Crippen LogP contribution in [0.15, 0.2) is 71.1 Å². The van der Waals surface area contributed by atoms with Gasteiger partial charge in [0.05, 0.1) is 37.0 Å². The van der Waals surface area contributed by atoms with Gasteiger partial charge in [0.2, 0.25) is 0 Å². The highest BCUT2D eigenvalue weighted by Crippen LogP contribution is 2.40. The maximum absolute atomic E-state index is 13.8. The number of methoxy groups -OCH3 is 2. The smallest absolute Gasteiger partial charge is 0.264 e. The van der Waals surface area contributed by atoms with Crippen LogP contribution < -0.4 is 19.1 Å². The SMILES string of the molecule is COc1cc2c(cc1OC)/C(=C1/CN(S(=O)(=O)c3ccc(C)cc3)c3ccccc3C1=O)NCC2. The molecular formula is C27H26N2O5S. The first-order valence-corrected chi connectivity index (χ1v) is 12.7. The molecule has 3 aromatic rings. The van der Waals surface area contributed by atoms with E-state index in [1.807, 2.05) is 19.1 Å². The van der Waals surface area contributed by atoms with Crippen molar-refractivity contribution in [2.45, 2.75) is 18.2 Å². The normalized spacial score (nSPS) is 17.3. The Bertz CT molecular complexity index is 1460. The summed E-state index contributed by atoms with van der Waals surface area (Å²) in [6.45, 7) is 2.44. The molecule has 0 aromatic heterocycles. The Morgan fingerprint density at radius 1 is 0.914 bits per heavy atom. The Morgan fingerprint density at radius 3 is 2.31 bits per heavy atom. The van der Waals surface area contributed by atoms with Gasteiger partial charge in [0.15, 0.2) is 17.3 Å². The number of hydrogen-bond donors (Lipinski definition) is 1. The van der Waals surface area contributed by atoms with Gasteiger partial charge in [-0.25, -0.2) is 8.42 Å². The van der Waals surface area contributed by atoms with Gasteiger partial charge < -0.3 is 14.8 Å². The Morgan fingerprint density at radius 2 is 1.60 bits per heavy atom. The van der Waals surface area contributed by atoms with Crippen molar-refractivity contribution in [2.24, 2.45) is 0 Å². The number of carbonyl (C=O) groups is 1. The Balaban J connectivity index is 1.70. The van der Waals surface area contributed by atoms with E-state index >= 15 is 0 Å². The topological polar surface area (TPSA) is 84.9 Å². The number of ketones is 1. The molecule has 1 N–H and O–H groups in total.